The molecule has 0 spiro atoms. The molecular formula is C21H34N2O3. The average Bonchev–Trinajstić information content (AvgIpc) is 2.63. The van der Waals surface area contributed by atoms with Crippen LogP contribution in [-0.2, 0) is 16.0 Å². The van der Waals surface area contributed by atoms with Crippen LogP contribution in [0.5, 0.6) is 0 Å². The molecule has 0 radical (unpaired) electrons. The standard InChI is InChI=1S/C19H28N2O3.C2H6/c1-4-15-10-6-7-11-16(15)20-17(22)19(12-8-5-9-13-19)21-18(23)24-14(2)3;1-2/h6-7,10-11,14H,4-5,8-9,12-13H2,1-3H3,(H,20,22)(H,21,23);1-2H3. The van der Waals surface area contributed by atoms with E-state index in [2.05, 4.69) is 17.6 Å². The first-order valence-corrected chi connectivity index (χ1v) is 9.85. The van der Waals surface area contributed by atoms with Crippen molar-refractivity contribution in [3.8, 4) is 0 Å². The van der Waals surface area contributed by atoms with Gasteiger partial charge in [0.05, 0.1) is 6.10 Å². The lowest BCUT2D eigenvalue weighted by molar-refractivity contribution is -0.123. The van der Waals surface area contributed by atoms with E-state index in [0.29, 0.717) is 12.8 Å². The SMILES string of the molecule is CC.CCc1ccccc1NC(=O)C1(NC(=O)OC(C)C)CCCCC1. The van der Waals surface area contributed by atoms with Crippen LogP contribution in [0, 0.1) is 0 Å². The van der Waals surface area contributed by atoms with E-state index in [4.69, 9.17) is 4.74 Å². The van der Waals surface area contributed by atoms with Crippen LogP contribution in [0.15, 0.2) is 24.3 Å². The summed E-state index contributed by atoms with van der Waals surface area (Å²) in [6.45, 7) is 9.65. The van der Waals surface area contributed by atoms with Crippen LogP contribution in [0.1, 0.15) is 72.3 Å². The summed E-state index contributed by atoms with van der Waals surface area (Å²) in [5.74, 6) is -0.149. The number of alkyl carbamates (subject to hydrolysis) is 1. The Morgan fingerprint density at radius 1 is 1.12 bits per heavy atom. The minimum Gasteiger partial charge on any atom is -0.447 e. The molecule has 0 atom stereocenters. The number of anilines is 1. The van der Waals surface area contributed by atoms with Crippen LogP contribution in [0.2, 0.25) is 0 Å². The minimum absolute atomic E-state index is 0.149. The molecule has 2 rings (SSSR count). The third kappa shape index (κ3) is 6.04. The Kier molecular flexibility index (Phi) is 9.17. The van der Waals surface area contributed by atoms with Gasteiger partial charge in [0, 0.05) is 5.69 Å². The number of para-hydroxylation sites is 1. The number of hydrogen-bond donors (Lipinski definition) is 2. The average molecular weight is 363 g/mol. The molecule has 0 saturated heterocycles. The molecule has 0 unspecified atom stereocenters. The summed E-state index contributed by atoms with van der Waals surface area (Å²) in [5.41, 5.74) is 1.01. The topological polar surface area (TPSA) is 67.4 Å². The largest absolute Gasteiger partial charge is 0.447 e. The lowest BCUT2D eigenvalue weighted by Crippen LogP contribution is -2.58. The number of rotatable bonds is 5. The maximum Gasteiger partial charge on any atom is 0.408 e. The zero-order chi connectivity index (χ0) is 19.6. The van der Waals surface area contributed by atoms with Gasteiger partial charge >= 0.3 is 6.09 Å². The number of benzene rings is 1. The minimum atomic E-state index is -0.884. The second-order valence-electron chi connectivity index (χ2n) is 6.69. The van der Waals surface area contributed by atoms with E-state index in [1.807, 2.05) is 38.1 Å². The van der Waals surface area contributed by atoms with Gasteiger partial charge in [-0.2, -0.15) is 0 Å². The van der Waals surface area contributed by atoms with Gasteiger partial charge in [-0.05, 0) is 44.7 Å². The van der Waals surface area contributed by atoms with Crippen molar-refractivity contribution in [1.82, 2.24) is 5.32 Å². The molecule has 1 aromatic rings. The first-order valence-electron chi connectivity index (χ1n) is 9.85. The summed E-state index contributed by atoms with van der Waals surface area (Å²) in [4.78, 5) is 25.1. The zero-order valence-corrected chi connectivity index (χ0v) is 16.9. The smallest absolute Gasteiger partial charge is 0.408 e. The second kappa shape index (κ2) is 10.8. The Bertz CT molecular complexity index is 578. The van der Waals surface area contributed by atoms with E-state index in [1.54, 1.807) is 13.8 Å². The summed E-state index contributed by atoms with van der Waals surface area (Å²) >= 11 is 0. The third-order valence-electron chi connectivity index (χ3n) is 4.47. The van der Waals surface area contributed by atoms with Crippen molar-refractivity contribution in [2.75, 3.05) is 5.32 Å². The van der Waals surface area contributed by atoms with E-state index in [9.17, 15) is 9.59 Å². The fourth-order valence-electron chi connectivity index (χ4n) is 3.20. The third-order valence-corrected chi connectivity index (χ3v) is 4.47. The number of carbonyl (C=O) groups excluding carboxylic acids is 2. The van der Waals surface area contributed by atoms with Gasteiger partial charge in [0.1, 0.15) is 5.54 Å². The van der Waals surface area contributed by atoms with Crippen molar-refractivity contribution >= 4 is 17.7 Å². The van der Waals surface area contributed by atoms with Gasteiger partial charge in [-0.3, -0.25) is 4.79 Å². The normalized spacial score (nSPS) is 15.5. The van der Waals surface area contributed by atoms with Crippen molar-refractivity contribution in [2.24, 2.45) is 0 Å². The molecule has 0 bridgehead atoms. The Morgan fingerprint density at radius 3 is 2.31 bits per heavy atom. The predicted molar refractivity (Wildman–Crippen MR) is 106 cm³/mol. The Hall–Kier alpha value is -2.04. The number of amides is 2. The van der Waals surface area contributed by atoms with E-state index in [1.165, 1.54) is 0 Å². The highest BCUT2D eigenvalue weighted by molar-refractivity contribution is 6.00. The quantitative estimate of drug-likeness (QED) is 0.770. The van der Waals surface area contributed by atoms with Gasteiger partial charge in [0.15, 0.2) is 0 Å². The van der Waals surface area contributed by atoms with Crippen LogP contribution >= 0.6 is 0 Å². The maximum atomic E-state index is 13.0. The fraction of sp³-hybridized carbons (Fsp3) is 0.619. The monoisotopic (exact) mass is 362 g/mol. The Balaban J connectivity index is 0.00000163. The van der Waals surface area contributed by atoms with E-state index in [-0.39, 0.29) is 12.0 Å². The summed E-state index contributed by atoms with van der Waals surface area (Å²) in [6, 6.07) is 7.77. The molecule has 26 heavy (non-hydrogen) atoms. The van der Waals surface area contributed by atoms with Crippen LogP contribution in [0.3, 0.4) is 0 Å². The lowest BCUT2D eigenvalue weighted by atomic mass is 9.81. The molecule has 5 heteroatoms. The van der Waals surface area contributed by atoms with Gasteiger partial charge in [0.25, 0.3) is 0 Å². The van der Waals surface area contributed by atoms with Crippen LogP contribution in [0.25, 0.3) is 0 Å². The summed E-state index contributed by atoms with van der Waals surface area (Å²) in [5, 5.41) is 5.87. The molecule has 2 amide bonds. The number of hydrogen-bond acceptors (Lipinski definition) is 3. The summed E-state index contributed by atoms with van der Waals surface area (Å²) in [7, 11) is 0. The molecule has 1 saturated carbocycles. The molecule has 0 aromatic heterocycles. The Morgan fingerprint density at radius 2 is 1.73 bits per heavy atom. The molecule has 2 N–H and O–H groups in total. The first kappa shape index (κ1) is 22.0. The van der Waals surface area contributed by atoms with Crippen LogP contribution in [-0.4, -0.2) is 23.6 Å². The molecule has 5 nitrogen and oxygen atoms in total. The number of ether oxygens (including phenoxy) is 1. The zero-order valence-electron chi connectivity index (χ0n) is 16.9. The van der Waals surface area contributed by atoms with E-state index in [0.717, 1.165) is 36.9 Å². The van der Waals surface area contributed by atoms with Crippen molar-refractivity contribution < 1.29 is 14.3 Å². The van der Waals surface area contributed by atoms with Crippen LogP contribution in [0.4, 0.5) is 10.5 Å². The molecule has 1 fully saturated rings. The molecule has 0 heterocycles. The number of nitrogens with one attached hydrogen (secondary N) is 2. The van der Waals surface area contributed by atoms with E-state index >= 15 is 0 Å². The molecule has 146 valence electrons. The van der Waals surface area contributed by atoms with Crippen molar-refractivity contribution in [2.45, 2.75) is 84.8 Å². The van der Waals surface area contributed by atoms with Crippen LogP contribution < -0.4 is 10.6 Å². The lowest BCUT2D eigenvalue weighted by Gasteiger charge is -2.36. The van der Waals surface area contributed by atoms with E-state index < -0.39 is 11.6 Å². The highest BCUT2D eigenvalue weighted by atomic mass is 16.6. The van der Waals surface area contributed by atoms with Gasteiger partial charge in [-0.1, -0.05) is 58.2 Å². The van der Waals surface area contributed by atoms with Gasteiger partial charge in [-0.25, -0.2) is 4.79 Å². The highest BCUT2D eigenvalue weighted by Gasteiger charge is 2.41. The fourth-order valence-corrected chi connectivity index (χ4v) is 3.20. The summed E-state index contributed by atoms with van der Waals surface area (Å²) in [6.07, 6.45) is 4.31. The van der Waals surface area contributed by atoms with Gasteiger partial charge in [-0.15, -0.1) is 0 Å². The highest BCUT2D eigenvalue weighted by Crippen LogP contribution is 2.30. The predicted octanol–water partition coefficient (Wildman–Crippen LogP) is 5.05. The van der Waals surface area contributed by atoms with Crippen molar-refractivity contribution in [1.29, 1.82) is 0 Å². The Labute approximate surface area is 157 Å². The van der Waals surface area contributed by atoms with Crippen molar-refractivity contribution in [3.63, 3.8) is 0 Å². The maximum absolute atomic E-state index is 13.0. The van der Waals surface area contributed by atoms with Gasteiger partial charge < -0.3 is 15.4 Å². The molecular weight excluding hydrogens is 328 g/mol. The van der Waals surface area contributed by atoms with Gasteiger partial charge in [0.2, 0.25) is 5.91 Å². The first-order chi connectivity index (χ1) is 12.5. The molecule has 1 aliphatic rings. The molecule has 0 aliphatic heterocycles. The summed E-state index contributed by atoms with van der Waals surface area (Å²) < 4.78 is 5.19. The number of aryl methyl sites for hydroxylation is 1. The molecule has 1 aromatic carbocycles. The molecule has 1 aliphatic carbocycles. The van der Waals surface area contributed by atoms with Crippen molar-refractivity contribution in [3.05, 3.63) is 29.8 Å². The number of carbonyl (C=O) groups is 2. The second-order valence-corrected chi connectivity index (χ2v) is 6.69.